The third-order valence-electron chi connectivity index (χ3n) is 1.97. The number of carbonyl (C=O) groups excluding carboxylic acids is 1. The molecule has 7 heteroatoms. The summed E-state index contributed by atoms with van der Waals surface area (Å²) in [5.41, 5.74) is 1.41. The van der Waals surface area contributed by atoms with Gasteiger partial charge in [0, 0.05) is 24.8 Å². The van der Waals surface area contributed by atoms with Crippen LogP contribution in [0.5, 0.6) is 0 Å². The highest BCUT2D eigenvalue weighted by molar-refractivity contribution is 8.00. The molecule has 0 bridgehead atoms. The van der Waals surface area contributed by atoms with Crippen LogP contribution in [0.2, 0.25) is 0 Å². The van der Waals surface area contributed by atoms with Crippen LogP contribution >= 0.6 is 11.8 Å². The first-order valence-corrected chi connectivity index (χ1v) is 5.94. The first-order chi connectivity index (χ1) is 7.22. The fourth-order valence-corrected chi connectivity index (χ4v) is 1.31. The molecule has 0 aliphatic heterocycles. The molecule has 0 heterocycles. The van der Waals surface area contributed by atoms with Gasteiger partial charge < -0.3 is 11.1 Å². The fraction of sp³-hybridized carbons (Fsp3) is 0.889. The van der Waals surface area contributed by atoms with Gasteiger partial charge in [-0.05, 0) is 17.7 Å². The van der Waals surface area contributed by atoms with E-state index in [2.05, 4.69) is 5.32 Å². The number of nitrogens with one attached hydrogen (secondary N) is 1. The van der Waals surface area contributed by atoms with Gasteiger partial charge in [0.1, 0.15) is 0 Å². The molecule has 0 aliphatic carbocycles. The van der Waals surface area contributed by atoms with E-state index in [1.165, 1.54) is 0 Å². The predicted molar refractivity (Wildman–Crippen MR) is 59.0 cm³/mol. The van der Waals surface area contributed by atoms with Crippen LogP contribution in [0.15, 0.2) is 0 Å². The van der Waals surface area contributed by atoms with Crippen LogP contribution < -0.4 is 11.1 Å². The number of rotatable bonds is 6. The zero-order chi connectivity index (χ0) is 12.8. The van der Waals surface area contributed by atoms with Crippen LogP contribution in [0, 0.1) is 5.92 Å². The van der Waals surface area contributed by atoms with Crippen molar-refractivity contribution in [2.45, 2.75) is 31.8 Å². The van der Waals surface area contributed by atoms with Gasteiger partial charge in [-0.3, -0.25) is 4.79 Å². The smallest absolute Gasteiger partial charge is 0.355 e. The molecule has 16 heavy (non-hydrogen) atoms. The number of alkyl halides is 3. The molecule has 0 aromatic heterocycles. The van der Waals surface area contributed by atoms with Crippen molar-refractivity contribution in [2.24, 2.45) is 11.7 Å². The number of hydrogen-bond acceptors (Lipinski definition) is 3. The Bertz CT molecular complexity index is 221. The Balaban J connectivity index is 3.59. The minimum absolute atomic E-state index is 0.00776. The normalized spacial score (nSPS) is 13.9. The van der Waals surface area contributed by atoms with Crippen molar-refractivity contribution in [1.29, 1.82) is 0 Å². The highest BCUT2D eigenvalue weighted by Gasteiger charge is 2.27. The second-order valence-corrected chi connectivity index (χ2v) is 4.92. The Morgan fingerprint density at radius 3 is 2.44 bits per heavy atom. The summed E-state index contributed by atoms with van der Waals surface area (Å²) in [6.45, 7) is 3.78. The second kappa shape index (κ2) is 7.01. The van der Waals surface area contributed by atoms with Crippen molar-refractivity contribution in [1.82, 2.24) is 5.32 Å². The lowest BCUT2D eigenvalue weighted by Crippen LogP contribution is -2.35. The number of nitrogens with two attached hydrogens (primary N) is 1. The third-order valence-corrected chi connectivity index (χ3v) is 2.70. The van der Waals surface area contributed by atoms with Crippen LogP contribution in [0.4, 0.5) is 13.2 Å². The topological polar surface area (TPSA) is 55.1 Å². The molecule has 0 saturated carbocycles. The van der Waals surface area contributed by atoms with Crippen LogP contribution in [0.3, 0.4) is 0 Å². The summed E-state index contributed by atoms with van der Waals surface area (Å²) in [5.74, 6) is -0.300. The number of hydrogen-bond donors (Lipinski definition) is 2. The Hall–Kier alpha value is -0.430. The van der Waals surface area contributed by atoms with Gasteiger partial charge in [0.25, 0.3) is 0 Å². The van der Waals surface area contributed by atoms with Crippen molar-refractivity contribution in [3.8, 4) is 0 Å². The molecule has 0 rings (SSSR count). The lowest BCUT2D eigenvalue weighted by atomic mass is 10.0. The van der Waals surface area contributed by atoms with Crippen molar-refractivity contribution in [2.75, 3.05) is 12.3 Å². The highest BCUT2D eigenvalue weighted by Crippen LogP contribution is 2.29. The van der Waals surface area contributed by atoms with Gasteiger partial charge in [0.15, 0.2) is 0 Å². The van der Waals surface area contributed by atoms with E-state index in [9.17, 15) is 18.0 Å². The summed E-state index contributed by atoms with van der Waals surface area (Å²) in [6.07, 6.45) is 0.147. The van der Waals surface area contributed by atoms with Crippen molar-refractivity contribution in [3.05, 3.63) is 0 Å². The minimum Gasteiger partial charge on any atom is -0.355 e. The number of carbonyl (C=O) groups is 1. The summed E-state index contributed by atoms with van der Waals surface area (Å²) >= 11 is -0.145. The Labute approximate surface area is 97.3 Å². The Morgan fingerprint density at radius 1 is 1.44 bits per heavy atom. The van der Waals surface area contributed by atoms with Gasteiger partial charge in [0.05, 0.1) is 0 Å². The van der Waals surface area contributed by atoms with E-state index in [-0.39, 0.29) is 48.3 Å². The van der Waals surface area contributed by atoms with E-state index >= 15 is 0 Å². The second-order valence-electron chi connectivity index (χ2n) is 3.76. The zero-order valence-corrected chi connectivity index (χ0v) is 10.1. The fourth-order valence-electron chi connectivity index (χ4n) is 0.879. The molecule has 1 amide bonds. The molecule has 0 aliphatic rings. The molecule has 1 unspecified atom stereocenters. The molecule has 1 atom stereocenters. The molecule has 0 spiro atoms. The van der Waals surface area contributed by atoms with Gasteiger partial charge >= 0.3 is 5.51 Å². The Kier molecular flexibility index (Phi) is 6.82. The first-order valence-electron chi connectivity index (χ1n) is 4.95. The van der Waals surface area contributed by atoms with Crippen LogP contribution in [-0.2, 0) is 4.79 Å². The van der Waals surface area contributed by atoms with Crippen LogP contribution in [0.25, 0.3) is 0 Å². The lowest BCUT2D eigenvalue weighted by molar-refractivity contribution is -0.121. The average Bonchev–Trinajstić information content (AvgIpc) is 2.10. The van der Waals surface area contributed by atoms with E-state index in [0.29, 0.717) is 0 Å². The minimum atomic E-state index is -4.24. The molecular weight excluding hydrogens is 241 g/mol. The first kappa shape index (κ1) is 15.6. The summed E-state index contributed by atoms with van der Waals surface area (Å²) in [5, 5.41) is 2.40. The molecule has 0 saturated heterocycles. The summed E-state index contributed by atoms with van der Waals surface area (Å²) in [7, 11) is 0. The van der Waals surface area contributed by atoms with Crippen LogP contribution in [0.1, 0.15) is 20.3 Å². The summed E-state index contributed by atoms with van der Waals surface area (Å²) in [6, 6.07) is -0.254. The van der Waals surface area contributed by atoms with Gasteiger partial charge in [-0.25, -0.2) is 0 Å². The lowest BCUT2D eigenvalue weighted by Gasteiger charge is -2.15. The molecule has 0 aromatic carbocycles. The standard InChI is InChI=1S/C9H17F3N2OS/c1-6(2)7(13)5-8(15)14-3-4-16-9(10,11)12/h6-7H,3-5,13H2,1-2H3,(H,14,15). The summed E-state index contributed by atoms with van der Waals surface area (Å²) in [4.78, 5) is 11.2. The average molecular weight is 258 g/mol. The largest absolute Gasteiger partial charge is 0.441 e. The van der Waals surface area contributed by atoms with Gasteiger partial charge in [-0.1, -0.05) is 13.8 Å². The molecule has 0 aromatic rings. The zero-order valence-electron chi connectivity index (χ0n) is 9.30. The summed E-state index contributed by atoms with van der Waals surface area (Å²) < 4.78 is 35.2. The number of halogens is 3. The maximum atomic E-state index is 11.7. The number of thioether (sulfide) groups is 1. The molecule has 0 fully saturated rings. The molecule has 96 valence electrons. The quantitative estimate of drug-likeness (QED) is 0.713. The SMILES string of the molecule is CC(C)C(N)CC(=O)NCCSC(F)(F)F. The van der Waals surface area contributed by atoms with E-state index in [0.717, 1.165) is 0 Å². The molecule has 0 radical (unpaired) electrons. The maximum Gasteiger partial charge on any atom is 0.441 e. The van der Waals surface area contributed by atoms with Gasteiger partial charge in [0.2, 0.25) is 5.91 Å². The monoisotopic (exact) mass is 258 g/mol. The van der Waals surface area contributed by atoms with Crippen molar-refractivity contribution in [3.63, 3.8) is 0 Å². The van der Waals surface area contributed by atoms with E-state index in [1.807, 2.05) is 13.8 Å². The van der Waals surface area contributed by atoms with Crippen molar-refractivity contribution >= 4 is 17.7 Å². The number of amides is 1. The van der Waals surface area contributed by atoms with Gasteiger partial charge in [-0.2, -0.15) is 13.2 Å². The molecule has 3 N–H and O–H groups in total. The van der Waals surface area contributed by atoms with Crippen molar-refractivity contribution < 1.29 is 18.0 Å². The third kappa shape index (κ3) is 8.84. The van der Waals surface area contributed by atoms with E-state index < -0.39 is 5.51 Å². The van der Waals surface area contributed by atoms with E-state index in [4.69, 9.17) is 5.73 Å². The van der Waals surface area contributed by atoms with Gasteiger partial charge in [-0.15, -0.1) is 0 Å². The Morgan fingerprint density at radius 2 is 2.00 bits per heavy atom. The predicted octanol–water partition coefficient (Wildman–Crippen LogP) is 1.73. The maximum absolute atomic E-state index is 11.7. The van der Waals surface area contributed by atoms with Crippen LogP contribution in [-0.4, -0.2) is 29.8 Å². The molecular formula is C9H17F3N2OS. The molecule has 3 nitrogen and oxygen atoms in total. The van der Waals surface area contributed by atoms with E-state index in [1.54, 1.807) is 0 Å². The highest BCUT2D eigenvalue weighted by atomic mass is 32.2.